The molecule has 0 aliphatic carbocycles. The SMILES string of the molecule is Cc1c(-c2coc3ccccc23)nc(CCN)n1C. The number of nitrogens with zero attached hydrogens (tertiary/aromatic N) is 2. The number of imidazole rings is 1. The first kappa shape index (κ1) is 12.0. The number of fused-ring (bicyclic) bond motifs is 1. The third-order valence-electron chi connectivity index (χ3n) is 3.58. The number of para-hydroxylation sites is 1. The maximum atomic E-state index is 5.63. The zero-order valence-electron chi connectivity index (χ0n) is 11.2. The molecule has 2 N–H and O–H groups in total. The number of furan rings is 1. The fourth-order valence-corrected chi connectivity index (χ4v) is 2.41. The molecule has 0 amide bonds. The Labute approximate surface area is 111 Å². The molecular formula is C15H17N3O. The van der Waals surface area contributed by atoms with Gasteiger partial charge in [-0.15, -0.1) is 0 Å². The molecule has 2 aromatic heterocycles. The van der Waals surface area contributed by atoms with Gasteiger partial charge in [0.1, 0.15) is 17.7 Å². The lowest BCUT2D eigenvalue weighted by atomic mass is 10.1. The number of hydrogen-bond donors (Lipinski definition) is 1. The summed E-state index contributed by atoms with van der Waals surface area (Å²) < 4.78 is 7.69. The Balaban J connectivity index is 2.19. The summed E-state index contributed by atoms with van der Waals surface area (Å²) in [4.78, 5) is 4.71. The van der Waals surface area contributed by atoms with Crippen molar-refractivity contribution in [3.05, 3.63) is 42.0 Å². The van der Waals surface area contributed by atoms with Crippen molar-refractivity contribution in [1.29, 1.82) is 0 Å². The summed E-state index contributed by atoms with van der Waals surface area (Å²) in [5.41, 5.74) is 9.68. The molecule has 0 aliphatic heterocycles. The predicted molar refractivity (Wildman–Crippen MR) is 75.9 cm³/mol. The van der Waals surface area contributed by atoms with Gasteiger partial charge in [-0.3, -0.25) is 0 Å². The highest BCUT2D eigenvalue weighted by Gasteiger charge is 2.16. The molecular weight excluding hydrogens is 238 g/mol. The molecule has 0 atom stereocenters. The Morgan fingerprint density at radius 1 is 1.32 bits per heavy atom. The summed E-state index contributed by atoms with van der Waals surface area (Å²) in [5, 5.41) is 1.10. The highest BCUT2D eigenvalue weighted by Crippen LogP contribution is 2.31. The Hall–Kier alpha value is -2.07. The summed E-state index contributed by atoms with van der Waals surface area (Å²) >= 11 is 0. The van der Waals surface area contributed by atoms with Crippen molar-refractivity contribution in [3.63, 3.8) is 0 Å². The van der Waals surface area contributed by atoms with E-state index in [1.54, 1.807) is 6.26 Å². The van der Waals surface area contributed by atoms with E-state index in [2.05, 4.69) is 17.6 Å². The molecule has 3 rings (SSSR count). The van der Waals surface area contributed by atoms with Gasteiger partial charge in [0.2, 0.25) is 0 Å². The molecule has 4 nitrogen and oxygen atoms in total. The van der Waals surface area contributed by atoms with E-state index in [0.717, 1.165) is 40.2 Å². The van der Waals surface area contributed by atoms with E-state index in [1.165, 1.54) is 0 Å². The van der Waals surface area contributed by atoms with Crippen molar-refractivity contribution in [1.82, 2.24) is 9.55 Å². The molecule has 98 valence electrons. The topological polar surface area (TPSA) is 57.0 Å². The summed E-state index contributed by atoms with van der Waals surface area (Å²) in [7, 11) is 2.03. The number of rotatable bonds is 3. The third kappa shape index (κ3) is 1.85. The number of aromatic nitrogens is 2. The first-order chi connectivity index (χ1) is 9.22. The van der Waals surface area contributed by atoms with Gasteiger partial charge in [-0.05, 0) is 19.5 Å². The normalized spacial score (nSPS) is 11.3. The molecule has 0 saturated carbocycles. The number of nitrogens with two attached hydrogens (primary N) is 1. The first-order valence-electron chi connectivity index (χ1n) is 6.41. The van der Waals surface area contributed by atoms with Crippen LogP contribution in [0.2, 0.25) is 0 Å². The van der Waals surface area contributed by atoms with E-state index in [1.807, 2.05) is 25.2 Å². The van der Waals surface area contributed by atoms with Gasteiger partial charge >= 0.3 is 0 Å². The third-order valence-corrected chi connectivity index (χ3v) is 3.58. The fraction of sp³-hybridized carbons (Fsp3) is 0.267. The van der Waals surface area contributed by atoms with E-state index in [9.17, 15) is 0 Å². The van der Waals surface area contributed by atoms with Crippen molar-refractivity contribution in [2.24, 2.45) is 12.8 Å². The first-order valence-corrected chi connectivity index (χ1v) is 6.41. The van der Waals surface area contributed by atoms with E-state index in [0.29, 0.717) is 6.54 Å². The van der Waals surface area contributed by atoms with Gasteiger partial charge < -0.3 is 14.7 Å². The van der Waals surface area contributed by atoms with Crippen LogP contribution in [0.1, 0.15) is 11.5 Å². The summed E-state index contributed by atoms with van der Waals surface area (Å²) in [5.74, 6) is 1.01. The minimum atomic E-state index is 0.607. The second-order valence-electron chi connectivity index (χ2n) is 4.71. The van der Waals surface area contributed by atoms with E-state index in [4.69, 9.17) is 15.1 Å². The maximum Gasteiger partial charge on any atom is 0.134 e. The van der Waals surface area contributed by atoms with Crippen LogP contribution >= 0.6 is 0 Å². The van der Waals surface area contributed by atoms with Crippen LogP contribution in [0.3, 0.4) is 0 Å². The largest absolute Gasteiger partial charge is 0.464 e. The highest BCUT2D eigenvalue weighted by molar-refractivity contribution is 5.93. The average Bonchev–Trinajstić information content (AvgIpc) is 2.96. The molecule has 0 spiro atoms. The molecule has 0 unspecified atom stereocenters. The second kappa shape index (κ2) is 4.55. The molecule has 19 heavy (non-hydrogen) atoms. The van der Waals surface area contributed by atoms with Gasteiger partial charge in [-0.2, -0.15) is 0 Å². The van der Waals surface area contributed by atoms with Gasteiger partial charge in [0.15, 0.2) is 0 Å². The molecule has 0 fully saturated rings. The van der Waals surface area contributed by atoms with Crippen LogP contribution in [0.15, 0.2) is 34.9 Å². The summed E-state index contributed by atoms with van der Waals surface area (Å²) in [6.07, 6.45) is 2.57. The van der Waals surface area contributed by atoms with Crippen molar-refractivity contribution in [2.45, 2.75) is 13.3 Å². The van der Waals surface area contributed by atoms with Crippen LogP contribution in [0.25, 0.3) is 22.2 Å². The quantitative estimate of drug-likeness (QED) is 0.782. The Kier molecular flexibility index (Phi) is 2.87. The van der Waals surface area contributed by atoms with E-state index >= 15 is 0 Å². The molecule has 0 saturated heterocycles. The van der Waals surface area contributed by atoms with Gasteiger partial charge in [-0.1, -0.05) is 18.2 Å². The van der Waals surface area contributed by atoms with Gasteiger partial charge in [0.05, 0.1) is 5.69 Å². The summed E-state index contributed by atoms with van der Waals surface area (Å²) in [6, 6.07) is 8.02. The van der Waals surface area contributed by atoms with Gasteiger partial charge in [0.25, 0.3) is 0 Å². The summed E-state index contributed by atoms with van der Waals surface area (Å²) in [6.45, 7) is 2.68. The minimum absolute atomic E-state index is 0.607. The zero-order chi connectivity index (χ0) is 13.4. The molecule has 0 radical (unpaired) electrons. The van der Waals surface area contributed by atoms with Crippen LogP contribution < -0.4 is 5.73 Å². The van der Waals surface area contributed by atoms with Crippen molar-refractivity contribution in [3.8, 4) is 11.3 Å². The van der Waals surface area contributed by atoms with Crippen molar-refractivity contribution in [2.75, 3.05) is 6.54 Å². The Morgan fingerprint density at radius 2 is 2.11 bits per heavy atom. The van der Waals surface area contributed by atoms with Crippen LogP contribution in [0.5, 0.6) is 0 Å². The fourth-order valence-electron chi connectivity index (χ4n) is 2.41. The second-order valence-corrected chi connectivity index (χ2v) is 4.71. The zero-order valence-corrected chi connectivity index (χ0v) is 11.2. The Morgan fingerprint density at radius 3 is 2.89 bits per heavy atom. The molecule has 2 heterocycles. The lowest BCUT2D eigenvalue weighted by Gasteiger charge is -2.00. The average molecular weight is 255 g/mol. The number of hydrogen-bond acceptors (Lipinski definition) is 3. The maximum absolute atomic E-state index is 5.63. The number of benzene rings is 1. The van der Waals surface area contributed by atoms with Gasteiger partial charge in [-0.25, -0.2) is 4.98 Å². The predicted octanol–water partition coefficient (Wildman–Crippen LogP) is 2.64. The molecule has 3 aromatic rings. The molecule has 1 aromatic carbocycles. The van der Waals surface area contributed by atoms with Crippen LogP contribution in [-0.2, 0) is 13.5 Å². The Bertz CT molecular complexity index is 724. The standard InChI is InChI=1S/C15H17N3O/c1-10-15(17-14(7-8-16)18(10)2)12-9-19-13-6-4-3-5-11(12)13/h3-6,9H,7-8,16H2,1-2H3. The van der Waals surface area contributed by atoms with E-state index < -0.39 is 0 Å². The molecule has 0 aliphatic rings. The molecule has 0 bridgehead atoms. The minimum Gasteiger partial charge on any atom is -0.464 e. The smallest absolute Gasteiger partial charge is 0.134 e. The highest BCUT2D eigenvalue weighted by atomic mass is 16.3. The lowest BCUT2D eigenvalue weighted by Crippen LogP contribution is -2.08. The van der Waals surface area contributed by atoms with E-state index in [-0.39, 0.29) is 0 Å². The van der Waals surface area contributed by atoms with Crippen molar-refractivity contribution < 1.29 is 4.42 Å². The van der Waals surface area contributed by atoms with Gasteiger partial charge in [0, 0.05) is 30.1 Å². The lowest BCUT2D eigenvalue weighted by molar-refractivity contribution is 0.617. The monoisotopic (exact) mass is 255 g/mol. The van der Waals surface area contributed by atoms with Crippen molar-refractivity contribution >= 4 is 11.0 Å². The van der Waals surface area contributed by atoms with Crippen LogP contribution in [0, 0.1) is 6.92 Å². The molecule has 4 heteroatoms. The van der Waals surface area contributed by atoms with Crippen LogP contribution in [0.4, 0.5) is 0 Å². The van der Waals surface area contributed by atoms with Crippen LogP contribution in [-0.4, -0.2) is 16.1 Å².